The molecule has 0 bridgehead atoms. The first kappa shape index (κ1) is 20.3. The summed E-state index contributed by atoms with van der Waals surface area (Å²) in [6.45, 7) is 0.532. The number of hydrogen-bond donors (Lipinski definition) is 2. The van der Waals surface area contributed by atoms with Gasteiger partial charge in [-0.1, -0.05) is 18.2 Å². The summed E-state index contributed by atoms with van der Waals surface area (Å²) in [5.74, 6) is 0.959. The van der Waals surface area contributed by atoms with Gasteiger partial charge in [0.1, 0.15) is 16.5 Å². The lowest BCUT2D eigenvalue weighted by Crippen LogP contribution is -2.36. The Labute approximate surface area is 188 Å². The van der Waals surface area contributed by atoms with Crippen LogP contribution in [-0.4, -0.2) is 54.2 Å². The molecule has 0 unspecified atom stereocenters. The fourth-order valence-electron chi connectivity index (χ4n) is 3.73. The number of nitrogens with one attached hydrogen (secondary N) is 1. The van der Waals surface area contributed by atoms with Crippen LogP contribution < -0.4 is 5.32 Å². The van der Waals surface area contributed by atoms with E-state index in [1.165, 1.54) is 11.3 Å². The van der Waals surface area contributed by atoms with Gasteiger partial charge in [-0.3, -0.25) is 9.48 Å². The number of aromatic nitrogens is 5. The first-order chi connectivity index (χ1) is 15.4. The number of aryl methyl sites for hydroxylation is 1. The third-order valence-electron chi connectivity index (χ3n) is 5.58. The number of likely N-dealkylation sites (tertiary alicyclic amines) is 1. The Hall–Kier alpha value is -3.63. The van der Waals surface area contributed by atoms with Gasteiger partial charge >= 0.3 is 0 Å². The van der Waals surface area contributed by atoms with E-state index in [1.54, 1.807) is 41.2 Å². The summed E-state index contributed by atoms with van der Waals surface area (Å²) in [4.78, 5) is 27.6. The molecule has 0 aliphatic carbocycles. The van der Waals surface area contributed by atoms with Crippen molar-refractivity contribution in [3.05, 3.63) is 59.7 Å². The Kier molecular flexibility index (Phi) is 4.95. The molecule has 0 spiro atoms. The van der Waals surface area contributed by atoms with Gasteiger partial charge in [0.2, 0.25) is 5.95 Å². The summed E-state index contributed by atoms with van der Waals surface area (Å²) < 4.78 is 1.70. The monoisotopic (exact) mass is 447 g/mol. The minimum atomic E-state index is -1.48. The Balaban J connectivity index is 1.42. The number of likely N-dealkylation sites (N-methyl/N-ethyl adjacent to an activating group) is 1. The van der Waals surface area contributed by atoms with Crippen LogP contribution in [0.4, 0.5) is 11.8 Å². The van der Waals surface area contributed by atoms with Gasteiger partial charge in [0, 0.05) is 50.3 Å². The minimum absolute atomic E-state index is 0.274. The summed E-state index contributed by atoms with van der Waals surface area (Å²) in [5, 5.41) is 21.0. The van der Waals surface area contributed by atoms with E-state index in [9.17, 15) is 9.90 Å². The topological polar surface area (TPSA) is 109 Å². The molecule has 1 aromatic carbocycles. The molecule has 5 rings (SSSR count). The maximum atomic E-state index is 12.5. The van der Waals surface area contributed by atoms with E-state index in [2.05, 4.69) is 20.4 Å². The van der Waals surface area contributed by atoms with E-state index >= 15 is 0 Å². The Morgan fingerprint density at radius 2 is 2.00 bits per heavy atom. The third-order valence-corrected chi connectivity index (χ3v) is 6.47. The summed E-state index contributed by atoms with van der Waals surface area (Å²) in [6.07, 6.45) is 3.75. The summed E-state index contributed by atoms with van der Waals surface area (Å²) in [5.41, 5.74) is 1.36. The maximum Gasteiger partial charge on any atom is 0.258 e. The summed E-state index contributed by atoms with van der Waals surface area (Å²) >= 11 is 1.48. The first-order valence-electron chi connectivity index (χ1n) is 10.1. The molecule has 2 N–H and O–H groups in total. The van der Waals surface area contributed by atoms with Crippen molar-refractivity contribution >= 4 is 29.0 Å². The molecule has 1 saturated heterocycles. The second kappa shape index (κ2) is 7.81. The van der Waals surface area contributed by atoms with Crippen molar-refractivity contribution in [2.24, 2.45) is 7.05 Å². The standard InChI is InChI=1S/C22H21N7O2S/c1-28-11-8-22(31,20(28)30)15-5-3-4-14(12-15)19-25-17(13-32-19)16-6-9-23-21(26-16)27-18-7-10-24-29(18)2/h3-7,9-10,12-13,31H,8,11H2,1-2H3,(H,23,26,27)/t22-/m1/s1. The lowest BCUT2D eigenvalue weighted by molar-refractivity contribution is -0.143. The van der Waals surface area contributed by atoms with E-state index in [-0.39, 0.29) is 5.91 Å². The number of hydrogen-bond acceptors (Lipinski definition) is 8. The summed E-state index contributed by atoms with van der Waals surface area (Å²) in [6, 6.07) is 11.0. The van der Waals surface area contributed by atoms with Crippen LogP contribution in [0, 0.1) is 0 Å². The number of nitrogens with zero attached hydrogens (tertiary/aromatic N) is 6. The van der Waals surface area contributed by atoms with Gasteiger partial charge in [0.15, 0.2) is 5.60 Å². The smallest absolute Gasteiger partial charge is 0.258 e. The fourth-order valence-corrected chi connectivity index (χ4v) is 4.54. The lowest BCUT2D eigenvalue weighted by atomic mass is 9.91. The van der Waals surface area contributed by atoms with Gasteiger partial charge in [-0.25, -0.2) is 15.0 Å². The second-order valence-corrected chi connectivity index (χ2v) is 8.54. The molecule has 0 radical (unpaired) electrons. The van der Waals surface area contributed by atoms with Crippen LogP contribution in [0.15, 0.2) is 54.2 Å². The normalized spacial score (nSPS) is 18.3. The number of rotatable bonds is 5. The predicted octanol–water partition coefficient (Wildman–Crippen LogP) is 2.79. The number of benzene rings is 1. The molecule has 1 aliphatic heterocycles. The van der Waals surface area contributed by atoms with Gasteiger partial charge in [0.05, 0.1) is 11.9 Å². The average molecular weight is 448 g/mol. The highest BCUT2D eigenvalue weighted by atomic mass is 32.1. The van der Waals surface area contributed by atoms with E-state index in [4.69, 9.17) is 4.98 Å². The first-order valence-corrected chi connectivity index (χ1v) is 10.9. The van der Waals surface area contributed by atoms with E-state index < -0.39 is 5.60 Å². The van der Waals surface area contributed by atoms with Gasteiger partial charge in [-0.15, -0.1) is 11.3 Å². The third kappa shape index (κ3) is 3.53. The molecule has 3 aromatic heterocycles. The lowest BCUT2D eigenvalue weighted by Gasteiger charge is -2.21. The molecule has 1 fully saturated rings. The highest BCUT2D eigenvalue weighted by Gasteiger charge is 2.45. The van der Waals surface area contributed by atoms with Gasteiger partial charge in [0.25, 0.3) is 5.91 Å². The molecule has 4 aromatic rings. The van der Waals surface area contributed by atoms with Crippen molar-refractivity contribution in [3.63, 3.8) is 0 Å². The summed E-state index contributed by atoms with van der Waals surface area (Å²) in [7, 11) is 3.54. The quantitative estimate of drug-likeness (QED) is 0.484. The predicted molar refractivity (Wildman–Crippen MR) is 121 cm³/mol. The van der Waals surface area contributed by atoms with E-state index in [1.807, 2.05) is 36.7 Å². The highest BCUT2D eigenvalue weighted by Crippen LogP contribution is 2.36. The molecule has 4 heterocycles. The number of amides is 1. The number of carbonyl (C=O) groups excluding carboxylic acids is 1. The highest BCUT2D eigenvalue weighted by molar-refractivity contribution is 7.13. The Morgan fingerprint density at radius 3 is 2.75 bits per heavy atom. The molecule has 9 nitrogen and oxygen atoms in total. The zero-order chi connectivity index (χ0) is 22.3. The number of aliphatic hydroxyl groups is 1. The van der Waals surface area contributed by atoms with Crippen LogP contribution >= 0.6 is 11.3 Å². The minimum Gasteiger partial charge on any atom is -0.375 e. The fraction of sp³-hybridized carbons (Fsp3) is 0.227. The number of anilines is 2. The average Bonchev–Trinajstić information content (AvgIpc) is 3.52. The second-order valence-electron chi connectivity index (χ2n) is 7.69. The molecule has 32 heavy (non-hydrogen) atoms. The molecule has 162 valence electrons. The van der Waals surface area contributed by atoms with E-state index in [0.29, 0.717) is 30.2 Å². The largest absolute Gasteiger partial charge is 0.375 e. The number of carbonyl (C=O) groups is 1. The van der Waals surface area contributed by atoms with Crippen molar-refractivity contribution in [1.29, 1.82) is 0 Å². The van der Waals surface area contributed by atoms with Crippen LogP contribution in [0.25, 0.3) is 22.0 Å². The van der Waals surface area contributed by atoms with Crippen molar-refractivity contribution in [2.45, 2.75) is 12.0 Å². The van der Waals surface area contributed by atoms with Gasteiger partial charge < -0.3 is 15.3 Å². The van der Waals surface area contributed by atoms with Crippen molar-refractivity contribution in [2.75, 3.05) is 18.9 Å². The van der Waals surface area contributed by atoms with Crippen molar-refractivity contribution in [3.8, 4) is 22.0 Å². The molecule has 1 atom stereocenters. The zero-order valence-electron chi connectivity index (χ0n) is 17.6. The Bertz CT molecular complexity index is 1300. The molecule has 1 aliphatic rings. The van der Waals surface area contributed by atoms with Crippen LogP contribution in [0.2, 0.25) is 0 Å². The van der Waals surface area contributed by atoms with Crippen LogP contribution in [0.5, 0.6) is 0 Å². The SMILES string of the molecule is CN1CC[C@@](O)(c2cccc(-c3nc(-c4ccnc(Nc5ccnn5C)n4)cs3)c2)C1=O. The Morgan fingerprint density at radius 1 is 1.12 bits per heavy atom. The maximum absolute atomic E-state index is 12.5. The van der Waals surface area contributed by atoms with Crippen LogP contribution in [0.3, 0.4) is 0 Å². The zero-order valence-corrected chi connectivity index (χ0v) is 18.4. The molecule has 10 heteroatoms. The van der Waals surface area contributed by atoms with Crippen LogP contribution in [-0.2, 0) is 17.4 Å². The van der Waals surface area contributed by atoms with E-state index in [0.717, 1.165) is 22.1 Å². The van der Waals surface area contributed by atoms with Gasteiger partial charge in [-0.05, 0) is 17.7 Å². The molecular weight excluding hydrogens is 426 g/mol. The molecule has 0 saturated carbocycles. The van der Waals surface area contributed by atoms with Crippen molar-refractivity contribution < 1.29 is 9.90 Å². The van der Waals surface area contributed by atoms with Crippen LogP contribution in [0.1, 0.15) is 12.0 Å². The van der Waals surface area contributed by atoms with Crippen molar-refractivity contribution in [1.82, 2.24) is 29.6 Å². The van der Waals surface area contributed by atoms with Gasteiger partial charge in [-0.2, -0.15) is 5.10 Å². The molecule has 1 amide bonds. The molecular formula is C22H21N7O2S. The number of thiazole rings is 1.